The zero-order valence-electron chi connectivity index (χ0n) is 11.8. The lowest BCUT2D eigenvalue weighted by atomic mass is 10.2. The molecule has 3 aromatic rings. The molecule has 4 heteroatoms. The van der Waals surface area contributed by atoms with Gasteiger partial charge in [0.15, 0.2) is 0 Å². The van der Waals surface area contributed by atoms with Gasteiger partial charge < -0.3 is 5.32 Å². The summed E-state index contributed by atoms with van der Waals surface area (Å²) < 4.78 is 0. The second kappa shape index (κ2) is 6.38. The quantitative estimate of drug-likeness (QED) is 0.588. The molecule has 0 bridgehead atoms. The first-order chi connectivity index (χ1) is 10.3. The lowest BCUT2D eigenvalue weighted by Crippen LogP contribution is -2.03. The predicted octanol–water partition coefficient (Wildman–Crippen LogP) is 3.85. The van der Waals surface area contributed by atoms with Crippen LogP contribution in [0.3, 0.4) is 0 Å². The molecule has 0 aliphatic carbocycles. The number of anilines is 1. The lowest BCUT2D eigenvalue weighted by molar-refractivity contribution is 1.07. The van der Waals surface area contributed by atoms with Gasteiger partial charge in [-0.3, -0.25) is 0 Å². The van der Waals surface area contributed by atoms with Gasteiger partial charge in [-0.1, -0.05) is 24.0 Å². The first-order valence-corrected chi connectivity index (χ1v) is 7.69. The van der Waals surface area contributed by atoms with E-state index in [2.05, 4.69) is 45.5 Å². The summed E-state index contributed by atoms with van der Waals surface area (Å²) in [5.74, 6) is 7.28. The number of rotatable bonds is 3. The molecule has 2 aromatic heterocycles. The van der Waals surface area contributed by atoms with E-state index < -0.39 is 0 Å². The van der Waals surface area contributed by atoms with Crippen LogP contribution in [0.15, 0.2) is 42.0 Å². The van der Waals surface area contributed by atoms with Crippen molar-refractivity contribution in [3.8, 4) is 11.8 Å². The second-order valence-electron chi connectivity index (χ2n) is 4.65. The zero-order valence-corrected chi connectivity index (χ0v) is 12.6. The van der Waals surface area contributed by atoms with Crippen LogP contribution < -0.4 is 5.32 Å². The standard InChI is InChI=1S/C17H15N3S/c1-13-9-11-21-16(13)8-4-5-10-18-17-14-6-2-3-7-15(14)19-12-20-17/h2-3,6-7,9,11-12H,5,10H2,1H3,(H,18,19,20). The Bertz CT molecular complexity index is 806. The van der Waals surface area contributed by atoms with E-state index in [-0.39, 0.29) is 0 Å². The van der Waals surface area contributed by atoms with E-state index in [0.29, 0.717) is 0 Å². The Morgan fingerprint density at radius 1 is 1.19 bits per heavy atom. The van der Waals surface area contributed by atoms with Crippen molar-refractivity contribution in [3.05, 3.63) is 52.5 Å². The maximum absolute atomic E-state index is 4.30. The summed E-state index contributed by atoms with van der Waals surface area (Å²) in [7, 11) is 0. The molecule has 1 aromatic carbocycles. The maximum Gasteiger partial charge on any atom is 0.137 e. The molecular formula is C17H15N3S. The molecule has 3 nitrogen and oxygen atoms in total. The number of aryl methyl sites for hydroxylation is 1. The predicted molar refractivity (Wildman–Crippen MR) is 88.6 cm³/mol. The van der Waals surface area contributed by atoms with Crippen LogP contribution in [0.5, 0.6) is 0 Å². The minimum absolute atomic E-state index is 0.776. The third-order valence-electron chi connectivity index (χ3n) is 3.15. The first kappa shape index (κ1) is 13.6. The number of benzene rings is 1. The summed E-state index contributed by atoms with van der Waals surface area (Å²) in [6.07, 6.45) is 2.38. The Balaban J connectivity index is 1.63. The molecule has 0 saturated heterocycles. The van der Waals surface area contributed by atoms with Crippen LogP contribution in [0.1, 0.15) is 16.9 Å². The number of hydrogen-bond acceptors (Lipinski definition) is 4. The monoisotopic (exact) mass is 293 g/mol. The fourth-order valence-corrected chi connectivity index (χ4v) is 2.83. The molecule has 0 radical (unpaired) electrons. The van der Waals surface area contributed by atoms with E-state index in [9.17, 15) is 0 Å². The van der Waals surface area contributed by atoms with E-state index in [1.165, 1.54) is 5.56 Å². The molecule has 0 atom stereocenters. The number of nitrogens with one attached hydrogen (secondary N) is 1. The second-order valence-corrected chi connectivity index (χ2v) is 5.57. The van der Waals surface area contributed by atoms with Gasteiger partial charge in [0.05, 0.1) is 10.4 Å². The maximum atomic E-state index is 4.30. The van der Waals surface area contributed by atoms with Crippen molar-refractivity contribution >= 4 is 28.1 Å². The number of nitrogens with zero attached hydrogens (tertiary/aromatic N) is 2. The van der Waals surface area contributed by atoms with Crippen LogP contribution in [-0.2, 0) is 0 Å². The smallest absolute Gasteiger partial charge is 0.137 e. The molecule has 0 amide bonds. The highest BCUT2D eigenvalue weighted by atomic mass is 32.1. The van der Waals surface area contributed by atoms with Crippen molar-refractivity contribution in [1.82, 2.24) is 9.97 Å². The summed E-state index contributed by atoms with van der Waals surface area (Å²) in [6, 6.07) is 10.1. The van der Waals surface area contributed by atoms with Crippen molar-refractivity contribution < 1.29 is 0 Å². The van der Waals surface area contributed by atoms with E-state index >= 15 is 0 Å². The molecule has 0 aliphatic rings. The Morgan fingerprint density at radius 3 is 2.95 bits per heavy atom. The summed E-state index contributed by atoms with van der Waals surface area (Å²) in [5.41, 5.74) is 2.21. The highest BCUT2D eigenvalue weighted by Gasteiger charge is 2.01. The molecule has 104 valence electrons. The molecule has 0 unspecified atom stereocenters. The Labute approximate surface area is 128 Å². The Hall–Kier alpha value is -2.38. The molecular weight excluding hydrogens is 278 g/mol. The van der Waals surface area contributed by atoms with Gasteiger partial charge in [0.1, 0.15) is 12.1 Å². The fraction of sp³-hybridized carbons (Fsp3) is 0.176. The van der Waals surface area contributed by atoms with Crippen LogP contribution in [-0.4, -0.2) is 16.5 Å². The molecule has 2 heterocycles. The molecule has 21 heavy (non-hydrogen) atoms. The summed E-state index contributed by atoms with van der Waals surface area (Å²) in [5, 5.41) is 6.45. The SMILES string of the molecule is Cc1ccsc1C#CCCNc1ncnc2ccccc12. The third kappa shape index (κ3) is 3.21. The number of aromatic nitrogens is 2. The molecule has 0 fully saturated rings. The topological polar surface area (TPSA) is 37.8 Å². The van der Waals surface area contributed by atoms with Crippen LogP contribution in [0.25, 0.3) is 10.9 Å². The van der Waals surface area contributed by atoms with Crippen molar-refractivity contribution in [1.29, 1.82) is 0 Å². The minimum atomic E-state index is 0.776. The van der Waals surface area contributed by atoms with Gasteiger partial charge in [-0.05, 0) is 36.1 Å². The average molecular weight is 293 g/mol. The number of para-hydroxylation sites is 1. The lowest BCUT2D eigenvalue weighted by Gasteiger charge is -2.05. The zero-order chi connectivity index (χ0) is 14.5. The summed E-state index contributed by atoms with van der Waals surface area (Å²) >= 11 is 1.69. The molecule has 1 N–H and O–H groups in total. The van der Waals surface area contributed by atoms with Gasteiger partial charge in [0, 0.05) is 18.4 Å². The number of hydrogen-bond donors (Lipinski definition) is 1. The molecule has 0 spiro atoms. The van der Waals surface area contributed by atoms with Crippen molar-refractivity contribution in [2.45, 2.75) is 13.3 Å². The van der Waals surface area contributed by atoms with Crippen LogP contribution in [0.4, 0.5) is 5.82 Å². The van der Waals surface area contributed by atoms with Gasteiger partial charge in [0.2, 0.25) is 0 Å². The van der Waals surface area contributed by atoms with Gasteiger partial charge >= 0.3 is 0 Å². The van der Waals surface area contributed by atoms with Crippen molar-refractivity contribution in [2.75, 3.05) is 11.9 Å². The summed E-state index contributed by atoms with van der Waals surface area (Å²) in [6.45, 7) is 2.87. The summed E-state index contributed by atoms with van der Waals surface area (Å²) in [4.78, 5) is 9.71. The van der Waals surface area contributed by atoms with E-state index in [0.717, 1.165) is 34.6 Å². The Morgan fingerprint density at radius 2 is 2.10 bits per heavy atom. The average Bonchev–Trinajstić information content (AvgIpc) is 2.92. The van der Waals surface area contributed by atoms with Gasteiger partial charge in [-0.15, -0.1) is 11.3 Å². The van der Waals surface area contributed by atoms with Crippen molar-refractivity contribution in [3.63, 3.8) is 0 Å². The van der Waals surface area contributed by atoms with Crippen LogP contribution >= 0.6 is 11.3 Å². The largest absolute Gasteiger partial charge is 0.368 e. The van der Waals surface area contributed by atoms with Gasteiger partial charge in [-0.25, -0.2) is 9.97 Å². The van der Waals surface area contributed by atoms with Gasteiger partial charge in [-0.2, -0.15) is 0 Å². The van der Waals surface area contributed by atoms with E-state index in [1.807, 2.05) is 24.3 Å². The number of fused-ring (bicyclic) bond motifs is 1. The highest BCUT2D eigenvalue weighted by molar-refractivity contribution is 7.10. The van der Waals surface area contributed by atoms with Gasteiger partial charge in [0.25, 0.3) is 0 Å². The first-order valence-electron chi connectivity index (χ1n) is 6.81. The van der Waals surface area contributed by atoms with Crippen molar-refractivity contribution in [2.24, 2.45) is 0 Å². The number of thiophene rings is 1. The normalized spacial score (nSPS) is 10.1. The van der Waals surface area contributed by atoms with Crippen LogP contribution in [0.2, 0.25) is 0 Å². The van der Waals surface area contributed by atoms with E-state index in [4.69, 9.17) is 0 Å². The van der Waals surface area contributed by atoms with E-state index in [1.54, 1.807) is 17.7 Å². The minimum Gasteiger partial charge on any atom is -0.368 e. The van der Waals surface area contributed by atoms with Crippen LogP contribution in [0, 0.1) is 18.8 Å². The highest BCUT2D eigenvalue weighted by Crippen LogP contribution is 2.18. The molecule has 3 rings (SSSR count). The fourth-order valence-electron chi connectivity index (χ4n) is 2.03. The molecule has 0 saturated carbocycles. The molecule has 0 aliphatic heterocycles. The third-order valence-corrected chi connectivity index (χ3v) is 4.08. The Kier molecular flexibility index (Phi) is 4.13.